The Morgan fingerprint density at radius 1 is 1.36 bits per heavy atom. The average molecular weight is 344 g/mol. The molecule has 0 saturated heterocycles. The molecule has 0 spiro atoms. The number of carbonyl (C=O) groups excluding carboxylic acids is 2. The van der Waals surface area contributed by atoms with Crippen LogP contribution in [0.5, 0.6) is 0 Å². The minimum Gasteiger partial charge on any atom is -0.469 e. The van der Waals surface area contributed by atoms with E-state index in [0.29, 0.717) is 6.54 Å². The van der Waals surface area contributed by atoms with Crippen LogP contribution in [0.1, 0.15) is 50.8 Å². The zero-order valence-electron chi connectivity index (χ0n) is 15.1. The summed E-state index contributed by atoms with van der Waals surface area (Å²) in [5.74, 6) is -0.748. The van der Waals surface area contributed by atoms with Gasteiger partial charge in [0.15, 0.2) is 0 Å². The average Bonchev–Trinajstić information content (AvgIpc) is 2.92. The van der Waals surface area contributed by atoms with Gasteiger partial charge >= 0.3 is 12.1 Å². The summed E-state index contributed by atoms with van der Waals surface area (Å²) in [5.41, 5.74) is 1.34. The van der Waals surface area contributed by atoms with Gasteiger partial charge in [-0.05, 0) is 31.9 Å². The lowest BCUT2D eigenvalue weighted by molar-refractivity contribution is -0.142. The number of hydrogen-bond acceptors (Lipinski definition) is 5. The van der Waals surface area contributed by atoms with Crippen molar-refractivity contribution in [1.29, 1.82) is 5.26 Å². The predicted octanol–water partition coefficient (Wildman–Crippen LogP) is 3.57. The van der Waals surface area contributed by atoms with E-state index in [9.17, 15) is 14.9 Å². The molecule has 1 aromatic rings. The van der Waals surface area contributed by atoms with Crippen molar-refractivity contribution in [2.24, 2.45) is 5.92 Å². The number of ether oxygens (including phenoxy) is 2. The van der Waals surface area contributed by atoms with E-state index in [0.717, 1.165) is 11.1 Å². The summed E-state index contributed by atoms with van der Waals surface area (Å²) in [6.45, 7) is 5.83. The van der Waals surface area contributed by atoms with Gasteiger partial charge < -0.3 is 9.47 Å². The highest BCUT2D eigenvalue weighted by atomic mass is 16.6. The van der Waals surface area contributed by atoms with Gasteiger partial charge in [-0.15, -0.1) is 0 Å². The number of hydrogen-bond donors (Lipinski definition) is 0. The minimum absolute atomic E-state index is 0.0718. The van der Waals surface area contributed by atoms with Gasteiger partial charge in [0.05, 0.1) is 25.6 Å². The van der Waals surface area contributed by atoms with Crippen LogP contribution in [0, 0.1) is 17.2 Å². The molecule has 1 aromatic carbocycles. The molecule has 1 aliphatic rings. The van der Waals surface area contributed by atoms with Gasteiger partial charge in [-0.3, -0.25) is 9.69 Å². The van der Waals surface area contributed by atoms with Crippen LogP contribution in [0.15, 0.2) is 24.3 Å². The number of nitrogens with zero attached hydrogens (tertiary/aromatic N) is 2. The SMILES string of the molecule is COC(=O)CC(CC#N)C1c2ccccc2CN1C(=O)OC(C)(C)C. The molecule has 1 amide bonds. The van der Waals surface area contributed by atoms with Crippen molar-refractivity contribution in [2.45, 2.75) is 51.8 Å². The molecule has 0 radical (unpaired) electrons. The standard InChI is InChI=1S/C19H24N2O4/c1-19(2,3)25-18(23)21-12-14-7-5-6-8-15(14)17(21)13(9-10-20)11-16(22)24-4/h5-8,13,17H,9,11-12H2,1-4H3. The molecule has 1 heterocycles. The molecule has 2 rings (SSSR count). The zero-order chi connectivity index (χ0) is 18.6. The molecule has 2 atom stereocenters. The third-order valence-electron chi connectivity index (χ3n) is 4.13. The lowest BCUT2D eigenvalue weighted by Gasteiger charge is -2.32. The van der Waals surface area contributed by atoms with Crippen LogP contribution in [0.4, 0.5) is 4.79 Å². The number of nitriles is 1. The van der Waals surface area contributed by atoms with Crippen LogP contribution in [0.25, 0.3) is 0 Å². The summed E-state index contributed by atoms with van der Waals surface area (Å²) >= 11 is 0. The van der Waals surface area contributed by atoms with Crippen molar-refractivity contribution in [3.05, 3.63) is 35.4 Å². The number of esters is 1. The maximum absolute atomic E-state index is 12.7. The Labute approximate surface area is 148 Å². The van der Waals surface area contributed by atoms with Crippen LogP contribution >= 0.6 is 0 Å². The van der Waals surface area contributed by atoms with E-state index in [4.69, 9.17) is 9.47 Å². The molecule has 0 saturated carbocycles. The Bertz CT molecular complexity index is 687. The Morgan fingerprint density at radius 2 is 2.04 bits per heavy atom. The third-order valence-corrected chi connectivity index (χ3v) is 4.13. The fourth-order valence-corrected chi connectivity index (χ4v) is 3.13. The first-order valence-corrected chi connectivity index (χ1v) is 8.28. The monoisotopic (exact) mass is 344 g/mol. The molecule has 0 aliphatic carbocycles. The second-order valence-electron chi connectivity index (χ2n) is 7.15. The zero-order valence-corrected chi connectivity index (χ0v) is 15.1. The highest BCUT2D eigenvalue weighted by Crippen LogP contribution is 2.42. The molecule has 134 valence electrons. The third kappa shape index (κ3) is 4.50. The first-order chi connectivity index (χ1) is 11.8. The molecule has 6 nitrogen and oxygen atoms in total. The van der Waals surface area contributed by atoms with Gasteiger partial charge in [0.2, 0.25) is 0 Å². The van der Waals surface area contributed by atoms with E-state index in [1.807, 2.05) is 45.0 Å². The number of carbonyl (C=O) groups is 2. The molecule has 6 heteroatoms. The molecular formula is C19H24N2O4. The smallest absolute Gasteiger partial charge is 0.411 e. The second kappa shape index (κ2) is 7.56. The van der Waals surface area contributed by atoms with Gasteiger partial charge in [-0.25, -0.2) is 4.79 Å². The number of benzene rings is 1. The van der Waals surface area contributed by atoms with Crippen molar-refractivity contribution < 1.29 is 19.1 Å². The molecule has 0 aromatic heterocycles. The summed E-state index contributed by atoms with van der Waals surface area (Å²) in [5, 5.41) is 9.21. The summed E-state index contributed by atoms with van der Waals surface area (Å²) in [6, 6.07) is 9.44. The second-order valence-corrected chi connectivity index (χ2v) is 7.15. The molecule has 0 N–H and O–H groups in total. The normalized spacial score (nSPS) is 17.4. The van der Waals surface area contributed by atoms with Gasteiger partial charge in [0.1, 0.15) is 5.60 Å². The van der Waals surface area contributed by atoms with Crippen LogP contribution in [-0.2, 0) is 20.8 Å². The highest BCUT2D eigenvalue weighted by Gasteiger charge is 2.41. The van der Waals surface area contributed by atoms with Crippen molar-refractivity contribution in [1.82, 2.24) is 4.90 Å². The molecule has 0 fully saturated rings. The first kappa shape index (κ1) is 18.8. The molecule has 0 bridgehead atoms. The van der Waals surface area contributed by atoms with Crippen molar-refractivity contribution in [2.75, 3.05) is 7.11 Å². The topological polar surface area (TPSA) is 79.6 Å². The van der Waals surface area contributed by atoms with Crippen LogP contribution in [0.2, 0.25) is 0 Å². The van der Waals surface area contributed by atoms with E-state index >= 15 is 0 Å². The Kier molecular flexibility index (Phi) is 5.68. The van der Waals surface area contributed by atoms with Gasteiger partial charge in [0, 0.05) is 18.9 Å². The highest BCUT2D eigenvalue weighted by molar-refractivity contribution is 5.72. The Morgan fingerprint density at radius 3 is 2.64 bits per heavy atom. The van der Waals surface area contributed by atoms with Crippen LogP contribution in [0.3, 0.4) is 0 Å². The lowest BCUT2D eigenvalue weighted by atomic mass is 9.88. The summed E-state index contributed by atoms with van der Waals surface area (Å²) in [4.78, 5) is 26.1. The predicted molar refractivity (Wildman–Crippen MR) is 91.3 cm³/mol. The van der Waals surface area contributed by atoms with E-state index in [-0.39, 0.29) is 24.8 Å². The van der Waals surface area contributed by atoms with E-state index in [1.54, 1.807) is 4.90 Å². The van der Waals surface area contributed by atoms with Crippen molar-refractivity contribution in [3.8, 4) is 6.07 Å². The maximum atomic E-state index is 12.7. The van der Waals surface area contributed by atoms with E-state index in [2.05, 4.69) is 6.07 Å². The van der Waals surface area contributed by atoms with Crippen molar-refractivity contribution >= 4 is 12.1 Å². The fraction of sp³-hybridized carbons (Fsp3) is 0.526. The quantitative estimate of drug-likeness (QED) is 0.780. The number of rotatable bonds is 4. The van der Waals surface area contributed by atoms with Crippen LogP contribution in [-0.4, -0.2) is 29.7 Å². The summed E-state index contributed by atoms with van der Waals surface area (Å²) in [7, 11) is 1.32. The van der Waals surface area contributed by atoms with Crippen LogP contribution < -0.4 is 0 Å². The van der Waals surface area contributed by atoms with Gasteiger partial charge in [0.25, 0.3) is 0 Å². The summed E-state index contributed by atoms with van der Waals surface area (Å²) < 4.78 is 10.3. The fourth-order valence-electron chi connectivity index (χ4n) is 3.13. The van der Waals surface area contributed by atoms with Crippen molar-refractivity contribution in [3.63, 3.8) is 0 Å². The summed E-state index contributed by atoms with van der Waals surface area (Å²) in [6.07, 6.45) is -0.225. The lowest BCUT2D eigenvalue weighted by Crippen LogP contribution is -2.38. The maximum Gasteiger partial charge on any atom is 0.411 e. The Balaban J connectivity index is 2.37. The number of methoxy groups -OCH3 is 1. The molecule has 25 heavy (non-hydrogen) atoms. The largest absolute Gasteiger partial charge is 0.469 e. The number of fused-ring (bicyclic) bond motifs is 1. The first-order valence-electron chi connectivity index (χ1n) is 8.28. The minimum atomic E-state index is -0.622. The number of amides is 1. The van der Waals surface area contributed by atoms with Gasteiger partial charge in [-0.2, -0.15) is 5.26 Å². The Hall–Kier alpha value is -2.55. The van der Waals surface area contributed by atoms with E-state index in [1.165, 1.54) is 7.11 Å². The van der Waals surface area contributed by atoms with E-state index < -0.39 is 17.7 Å². The van der Waals surface area contributed by atoms with Gasteiger partial charge in [-0.1, -0.05) is 24.3 Å². The molecule has 2 unspecified atom stereocenters. The molecular weight excluding hydrogens is 320 g/mol. The molecule has 1 aliphatic heterocycles.